The van der Waals surface area contributed by atoms with E-state index in [1.54, 1.807) is 0 Å². The van der Waals surface area contributed by atoms with E-state index in [1.165, 1.54) is 65.8 Å². The van der Waals surface area contributed by atoms with Gasteiger partial charge in [0.2, 0.25) is 0 Å². The van der Waals surface area contributed by atoms with Gasteiger partial charge in [0.05, 0.1) is 33.1 Å². The minimum absolute atomic E-state index is 1.26. The lowest BCUT2D eigenvalue weighted by atomic mass is 10.1. The van der Waals surface area contributed by atoms with E-state index >= 15 is 0 Å². The number of hydrogen-bond acceptors (Lipinski definition) is 0. The predicted octanol–water partition coefficient (Wildman–Crippen LogP) is 6.86. The summed E-state index contributed by atoms with van der Waals surface area (Å²) < 4.78 is 4.95. The van der Waals surface area contributed by atoms with Crippen LogP contribution in [0.1, 0.15) is 11.1 Å². The van der Waals surface area contributed by atoms with Crippen molar-refractivity contribution in [2.45, 2.75) is 13.8 Å². The third kappa shape index (κ3) is 1.52. The fraction of sp³-hybridized carbons (Fsp3) is 0.0769. The molecule has 0 aliphatic carbocycles. The molecule has 0 bridgehead atoms. The first-order chi connectivity index (χ1) is 13.7. The smallest absolute Gasteiger partial charge is 0.0789 e. The molecule has 0 amide bonds. The second-order valence-electron chi connectivity index (χ2n) is 8.06. The second-order valence-corrected chi connectivity index (χ2v) is 8.06. The largest absolute Gasteiger partial charge is 0.305 e. The number of para-hydroxylation sites is 1. The van der Waals surface area contributed by atoms with E-state index < -0.39 is 0 Å². The van der Waals surface area contributed by atoms with Gasteiger partial charge in [-0.25, -0.2) is 0 Å². The summed E-state index contributed by atoms with van der Waals surface area (Å²) in [6, 6.07) is 27.0. The topological polar surface area (TPSA) is 8.82 Å². The van der Waals surface area contributed by atoms with Crippen LogP contribution in [0.4, 0.5) is 0 Å². The summed E-state index contributed by atoms with van der Waals surface area (Å²) in [7, 11) is 0. The van der Waals surface area contributed by atoms with E-state index in [9.17, 15) is 0 Å². The van der Waals surface area contributed by atoms with Gasteiger partial charge in [-0.2, -0.15) is 0 Å². The van der Waals surface area contributed by atoms with E-state index in [2.05, 4.69) is 95.4 Å². The quantitative estimate of drug-likeness (QED) is 0.262. The van der Waals surface area contributed by atoms with Crippen molar-refractivity contribution >= 4 is 54.6 Å². The lowest BCUT2D eigenvalue weighted by Gasteiger charge is -2.12. The van der Waals surface area contributed by atoms with Crippen molar-refractivity contribution < 1.29 is 0 Å². The molecule has 0 radical (unpaired) electrons. The standard InChI is InChI=1S/C26H18N2/c1-15-7-11-22-20(13-15)19-10-9-18-17-5-3-4-6-21(17)27-23-12-8-16(2)14-24(23)28(22)26(19)25(18)27/h3-14H,1-2H3. The maximum absolute atomic E-state index is 2.48. The Morgan fingerprint density at radius 1 is 0.464 bits per heavy atom. The van der Waals surface area contributed by atoms with E-state index in [0.29, 0.717) is 0 Å². The highest BCUT2D eigenvalue weighted by Crippen LogP contribution is 2.41. The molecule has 28 heavy (non-hydrogen) atoms. The number of aryl methyl sites for hydroxylation is 2. The van der Waals surface area contributed by atoms with Crippen LogP contribution in [0, 0.1) is 13.8 Å². The summed E-state index contributed by atoms with van der Waals surface area (Å²) in [4.78, 5) is 0. The van der Waals surface area contributed by atoms with Gasteiger partial charge < -0.3 is 8.80 Å². The molecule has 2 heteroatoms. The third-order valence-electron chi connectivity index (χ3n) is 6.33. The summed E-state index contributed by atoms with van der Waals surface area (Å²) in [5.41, 5.74) is 10.3. The molecule has 0 aliphatic rings. The molecule has 2 nitrogen and oxygen atoms in total. The SMILES string of the molecule is Cc1ccc2c(c1)c1ccc3c4ccccc4n4c5ccc(C)cc5n2c1c34. The summed E-state index contributed by atoms with van der Waals surface area (Å²) in [6.07, 6.45) is 0. The van der Waals surface area contributed by atoms with Gasteiger partial charge in [-0.15, -0.1) is 0 Å². The van der Waals surface area contributed by atoms with Crippen LogP contribution < -0.4 is 0 Å². The van der Waals surface area contributed by atoms with Crippen LogP contribution in [0.5, 0.6) is 0 Å². The fourth-order valence-electron chi connectivity index (χ4n) is 5.17. The molecule has 0 fully saturated rings. The number of rotatable bonds is 0. The molecule has 132 valence electrons. The molecular weight excluding hydrogens is 340 g/mol. The van der Waals surface area contributed by atoms with Crippen molar-refractivity contribution in [3.8, 4) is 0 Å². The highest BCUT2D eigenvalue weighted by molar-refractivity contribution is 6.25. The van der Waals surface area contributed by atoms with Crippen LogP contribution in [0.2, 0.25) is 0 Å². The van der Waals surface area contributed by atoms with Crippen LogP contribution in [0.25, 0.3) is 54.6 Å². The van der Waals surface area contributed by atoms with E-state index in [0.717, 1.165) is 0 Å². The van der Waals surface area contributed by atoms with Gasteiger partial charge >= 0.3 is 0 Å². The van der Waals surface area contributed by atoms with Gasteiger partial charge in [0.15, 0.2) is 0 Å². The average molecular weight is 358 g/mol. The molecular formula is C26H18N2. The fourth-order valence-corrected chi connectivity index (χ4v) is 5.17. The zero-order valence-corrected chi connectivity index (χ0v) is 15.8. The number of fused-ring (bicyclic) bond motifs is 9. The van der Waals surface area contributed by atoms with Crippen molar-refractivity contribution in [3.05, 3.63) is 83.9 Å². The van der Waals surface area contributed by atoms with Gasteiger partial charge in [-0.3, -0.25) is 0 Å². The highest BCUT2D eigenvalue weighted by atomic mass is 15.0. The first-order valence-electron chi connectivity index (χ1n) is 9.81. The maximum atomic E-state index is 2.48. The highest BCUT2D eigenvalue weighted by Gasteiger charge is 2.21. The Labute approximate surface area is 161 Å². The van der Waals surface area contributed by atoms with Crippen molar-refractivity contribution in [1.82, 2.24) is 8.80 Å². The van der Waals surface area contributed by atoms with Crippen molar-refractivity contribution in [2.75, 3.05) is 0 Å². The molecule has 0 aliphatic heterocycles. The number of benzene rings is 4. The van der Waals surface area contributed by atoms with Crippen LogP contribution in [0.15, 0.2) is 72.8 Å². The molecule has 7 rings (SSSR count). The van der Waals surface area contributed by atoms with E-state index in [1.807, 2.05) is 0 Å². The summed E-state index contributed by atoms with van der Waals surface area (Å²) in [5, 5.41) is 5.32. The van der Waals surface area contributed by atoms with Gasteiger partial charge in [-0.1, -0.05) is 48.0 Å². The maximum Gasteiger partial charge on any atom is 0.0789 e. The molecule has 0 saturated carbocycles. The Morgan fingerprint density at radius 3 is 1.89 bits per heavy atom. The van der Waals surface area contributed by atoms with E-state index in [-0.39, 0.29) is 0 Å². The molecule has 3 aromatic heterocycles. The minimum Gasteiger partial charge on any atom is -0.305 e. The van der Waals surface area contributed by atoms with Crippen LogP contribution in [-0.2, 0) is 0 Å². The van der Waals surface area contributed by atoms with Crippen LogP contribution in [-0.4, -0.2) is 8.80 Å². The molecule has 7 aromatic rings. The molecule has 0 atom stereocenters. The monoisotopic (exact) mass is 358 g/mol. The summed E-state index contributed by atoms with van der Waals surface area (Å²) >= 11 is 0. The second kappa shape index (κ2) is 4.66. The Bertz CT molecular complexity index is 1730. The number of hydrogen-bond donors (Lipinski definition) is 0. The van der Waals surface area contributed by atoms with Crippen molar-refractivity contribution in [1.29, 1.82) is 0 Å². The zero-order chi connectivity index (χ0) is 18.6. The normalized spacial score (nSPS) is 12.6. The summed E-state index contributed by atoms with van der Waals surface area (Å²) in [6.45, 7) is 4.35. The Morgan fingerprint density at radius 2 is 1.07 bits per heavy atom. The van der Waals surface area contributed by atoms with Crippen molar-refractivity contribution in [3.63, 3.8) is 0 Å². The Kier molecular flexibility index (Phi) is 2.42. The molecule has 0 N–H and O–H groups in total. The minimum atomic E-state index is 1.26. The molecule has 4 aromatic carbocycles. The average Bonchev–Trinajstić information content (AvgIpc) is 3.21. The lowest BCUT2D eigenvalue weighted by Crippen LogP contribution is -1.97. The number of nitrogens with zero attached hydrogens (tertiary/aromatic N) is 2. The van der Waals surface area contributed by atoms with Crippen LogP contribution >= 0.6 is 0 Å². The molecule has 0 saturated heterocycles. The number of aromatic nitrogens is 2. The Balaban J connectivity index is 1.99. The van der Waals surface area contributed by atoms with Crippen LogP contribution in [0.3, 0.4) is 0 Å². The predicted molar refractivity (Wildman–Crippen MR) is 119 cm³/mol. The van der Waals surface area contributed by atoms with Gasteiger partial charge in [-0.05, 0) is 49.7 Å². The van der Waals surface area contributed by atoms with Gasteiger partial charge in [0.25, 0.3) is 0 Å². The third-order valence-corrected chi connectivity index (χ3v) is 6.33. The first-order valence-corrected chi connectivity index (χ1v) is 9.81. The van der Waals surface area contributed by atoms with E-state index in [4.69, 9.17) is 0 Å². The molecule has 3 heterocycles. The van der Waals surface area contributed by atoms with Gasteiger partial charge in [0.1, 0.15) is 0 Å². The molecule has 0 unspecified atom stereocenters. The first kappa shape index (κ1) is 14.5. The summed E-state index contributed by atoms with van der Waals surface area (Å²) in [5.74, 6) is 0. The zero-order valence-electron chi connectivity index (χ0n) is 15.8. The van der Waals surface area contributed by atoms with Crippen molar-refractivity contribution in [2.24, 2.45) is 0 Å². The molecule has 0 spiro atoms. The Hall–Kier alpha value is -3.52. The lowest BCUT2D eigenvalue weighted by molar-refractivity contribution is 1.25. The van der Waals surface area contributed by atoms with Gasteiger partial charge in [0, 0.05) is 21.5 Å².